The van der Waals surface area contributed by atoms with Gasteiger partial charge in [-0.25, -0.2) is 4.79 Å². The van der Waals surface area contributed by atoms with Gasteiger partial charge in [0.1, 0.15) is 5.54 Å². The molecule has 0 aliphatic carbocycles. The summed E-state index contributed by atoms with van der Waals surface area (Å²) in [5.74, 6) is -0.568. The first-order valence-corrected chi connectivity index (χ1v) is 11.4. The lowest BCUT2D eigenvalue weighted by molar-refractivity contribution is -0.121. The molecule has 1 aliphatic rings. The fourth-order valence-corrected chi connectivity index (χ4v) is 4.12. The molecule has 2 aromatic rings. The Bertz CT molecular complexity index is 1060. The lowest BCUT2D eigenvalue weighted by atomic mass is 10.0. The van der Waals surface area contributed by atoms with Crippen molar-refractivity contribution in [2.45, 2.75) is 26.3 Å². The molecule has 4 amide bonds. The van der Waals surface area contributed by atoms with Gasteiger partial charge in [-0.1, -0.05) is 22.9 Å². The van der Waals surface area contributed by atoms with Crippen LogP contribution in [0.5, 0.6) is 5.06 Å². The molecule has 1 fully saturated rings. The van der Waals surface area contributed by atoms with Crippen molar-refractivity contribution >= 4 is 52.9 Å². The summed E-state index contributed by atoms with van der Waals surface area (Å²) in [6.07, 6.45) is 0.0127. The van der Waals surface area contributed by atoms with Crippen LogP contribution in [0.25, 0.3) is 0 Å². The average molecular weight is 493 g/mol. The van der Waals surface area contributed by atoms with E-state index in [1.807, 2.05) is 0 Å². The van der Waals surface area contributed by atoms with Gasteiger partial charge < -0.3 is 25.2 Å². The number of hydrogen-bond acceptors (Lipinski definition) is 6. The molecular weight excluding hydrogens is 468 g/mol. The number of piperazine rings is 1. The van der Waals surface area contributed by atoms with Crippen molar-refractivity contribution in [3.8, 4) is 5.06 Å². The zero-order valence-corrected chi connectivity index (χ0v) is 20.1. The molecule has 9 nitrogen and oxygen atoms in total. The molecule has 176 valence electrons. The highest BCUT2D eigenvalue weighted by Gasteiger charge is 2.31. The molecule has 3 rings (SSSR count). The number of halogens is 1. The van der Waals surface area contributed by atoms with E-state index in [2.05, 4.69) is 10.6 Å². The third kappa shape index (κ3) is 6.23. The second-order valence-corrected chi connectivity index (χ2v) is 9.79. The molecule has 1 aromatic carbocycles. The lowest BCUT2D eigenvalue weighted by Gasteiger charge is -2.33. The van der Waals surface area contributed by atoms with Gasteiger partial charge in [0, 0.05) is 37.4 Å². The molecule has 0 saturated carbocycles. The van der Waals surface area contributed by atoms with Gasteiger partial charge in [0.05, 0.1) is 4.34 Å². The van der Waals surface area contributed by atoms with Gasteiger partial charge in [-0.2, -0.15) is 0 Å². The average Bonchev–Trinajstić information content (AvgIpc) is 3.17. The van der Waals surface area contributed by atoms with Crippen LogP contribution in [0.3, 0.4) is 0 Å². The minimum atomic E-state index is -1.27. The summed E-state index contributed by atoms with van der Waals surface area (Å²) in [7, 11) is 0. The van der Waals surface area contributed by atoms with Crippen LogP contribution in [-0.2, 0) is 9.59 Å². The van der Waals surface area contributed by atoms with Gasteiger partial charge in [0.25, 0.3) is 5.91 Å². The lowest BCUT2D eigenvalue weighted by Crippen LogP contribution is -2.53. The molecule has 1 aromatic heterocycles. The fourth-order valence-electron chi connectivity index (χ4n) is 3.25. The summed E-state index contributed by atoms with van der Waals surface area (Å²) < 4.78 is 5.63. The molecular formula is C22H25ClN4O5S. The van der Waals surface area contributed by atoms with E-state index in [0.717, 1.165) is 17.7 Å². The Morgan fingerprint density at radius 1 is 1.12 bits per heavy atom. The Kier molecular flexibility index (Phi) is 7.60. The number of aryl methyl sites for hydroxylation is 1. The van der Waals surface area contributed by atoms with E-state index in [0.29, 0.717) is 52.4 Å². The fraction of sp³-hybridized carbons (Fsp3) is 0.364. The molecule has 0 radical (unpaired) electrons. The monoisotopic (exact) mass is 492 g/mol. The van der Waals surface area contributed by atoms with Gasteiger partial charge >= 0.3 is 6.09 Å². The Hall–Kier alpha value is -3.11. The number of hydrogen-bond donors (Lipinski definition) is 2. The normalized spacial score (nSPS) is 13.9. The maximum atomic E-state index is 12.8. The molecule has 2 N–H and O–H groups in total. The minimum absolute atomic E-state index is 0.116. The predicted octanol–water partition coefficient (Wildman–Crippen LogP) is 3.13. The largest absolute Gasteiger partial charge is 0.414 e. The van der Waals surface area contributed by atoms with Crippen molar-refractivity contribution in [1.82, 2.24) is 15.1 Å². The summed E-state index contributed by atoms with van der Waals surface area (Å²) in [4.78, 5) is 51.9. The molecule has 2 heterocycles. The first-order chi connectivity index (χ1) is 15.6. The van der Waals surface area contributed by atoms with Crippen LogP contribution < -0.4 is 15.4 Å². The molecule has 0 atom stereocenters. The van der Waals surface area contributed by atoms with Crippen LogP contribution in [0, 0.1) is 6.92 Å². The van der Waals surface area contributed by atoms with Gasteiger partial charge in [0.2, 0.25) is 12.3 Å². The zero-order chi connectivity index (χ0) is 24.2. The first kappa shape index (κ1) is 24.5. The van der Waals surface area contributed by atoms with Gasteiger partial charge in [-0.15, -0.1) is 0 Å². The Morgan fingerprint density at radius 2 is 1.82 bits per heavy atom. The Morgan fingerprint density at radius 3 is 2.39 bits per heavy atom. The Balaban J connectivity index is 1.60. The highest BCUT2D eigenvalue weighted by molar-refractivity contribution is 7.17. The van der Waals surface area contributed by atoms with Crippen molar-refractivity contribution in [1.29, 1.82) is 0 Å². The number of benzene rings is 1. The van der Waals surface area contributed by atoms with Crippen molar-refractivity contribution < 1.29 is 23.9 Å². The number of anilines is 1. The van der Waals surface area contributed by atoms with Crippen molar-refractivity contribution in [2.24, 2.45) is 0 Å². The van der Waals surface area contributed by atoms with Crippen LogP contribution in [0.1, 0.15) is 29.8 Å². The van der Waals surface area contributed by atoms with E-state index in [1.165, 1.54) is 0 Å². The van der Waals surface area contributed by atoms with E-state index in [1.54, 1.807) is 60.9 Å². The van der Waals surface area contributed by atoms with Crippen LogP contribution in [-0.4, -0.2) is 65.8 Å². The van der Waals surface area contributed by atoms with Crippen molar-refractivity contribution in [3.63, 3.8) is 0 Å². The smallest absolute Gasteiger partial charge is 0.399 e. The second-order valence-electron chi connectivity index (χ2n) is 8.12. The maximum absolute atomic E-state index is 12.8. The summed E-state index contributed by atoms with van der Waals surface area (Å²) in [6.45, 7) is 6.85. The zero-order valence-electron chi connectivity index (χ0n) is 18.5. The molecule has 0 bridgehead atoms. The topological polar surface area (TPSA) is 108 Å². The number of nitrogens with one attached hydrogen (secondary N) is 2. The van der Waals surface area contributed by atoms with Gasteiger partial charge in [-0.3, -0.25) is 14.4 Å². The maximum Gasteiger partial charge on any atom is 0.414 e. The number of ether oxygens (including phenoxy) is 1. The number of carbonyl (C=O) groups excluding carboxylic acids is 4. The number of amides is 4. The third-order valence-electron chi connectivity index (χ3n) is 5.19. The van der Waals surface area contributed by atoms with Crippen LogP contribution in [0.4, 0.5) is 10.5 Å². The minimum Gasteiger partial charge on any atom is -0.399 e. The van der Waals surface area contributed by atoms with E-state index in [-0.39, 0.29) is 5.91 Å². The first-order valence-electron chi connectivity index (χ1n) is 10.2. The molecule has 11 heteroatoms. The second kappa shape index (κ2) is 10.2. The van der Waals surface area contributed by atoms with Gasteiger partial charge in [-0.05, 0) is 56.7 Å². The summed E-state index contributed by atoms with van der Waals surface area (Å²) in [6, 6.07) is 8.17. The Labute approximate surface area is 200 Å². The number of rotatable bonds is 6. The third-order valence-corrected chi connectivity index (χ3v) is 6.30. The summed E-state index contributed by atoms with van der Waals surface area (Å²) in [5.41, 5.74) is 0.463. The number of thiophene rings is 1. The number of nitrogens with zero attached hydrogens (tertiary/aromatic N) is 2. The highest BCUT2D eigenvalue weighted by atomic mass is 35.5. The molecule has 1 saturated heterocycles. The predicted molar refractivity (Wildman–Crippen MR) is 126 cm³/mol. The van der Waals surface area contributed by atoms with Crippen molar-refractivity contribution in [3.05, 3.63) is 45.8 Å². The summed E-state index contributed by atoms with van der Waals surface area (Å²) in [5, 5.41) is 5.60. The quantitative estimate of drug-likeness (QED) is 0.602. The molecule has 1 aliphatic heterocycles. The SMILES string of the molecule is Cc1cc(NC(=O)C(C)(C)NC(=O)Oc2ccc(Cl)s2)ccc1C(=O)N1CCN(C=O)CC1. The van der Waals surface area contributed by atoms with Gasteiger partial charge in [0.15, 0.2) is 5.06 Å². The van der Waals surface area contributed by atoms with Crippen LogP contribution in [0.15, 0.2) is 30.3 Å². The molecule has 0 unspecified atom stereocenters. The van der Waals surface area contributed by atoms with Crippen LogP contribution in [0.2, 0.25) is 4.34 Å². The summed E-state index contributed by atoms with van der Waals surface area (Å²) >= 11 is 6.92. The highest BCUT2D eigenvalue weighted by Crippen LogP contribution is 2.28. The van der Waals surface area contributed by atoms with E-state index >= 15 is 0 Å². The number of carbonyl (C=O) groups is 4. The molecule has 0 spiro atoms. The standard InChI is InChI=1S/C22H25ClN4O5S/c1-14-12-15(4-5-16(14)19(29)27-10-8-26(13-28)9-11-27)24-20(30)22(2,3)25-21(31)32-18-7-6-17(23)33-18/h4-7,12-13H,8-11H2,1-3H3,(H,24,30)(H,25,31). The van der Waals surface area contributed by atoms with Crippen molar-refractivity contribution in [2.75, 3.05) is 31.5 Å². The van der Waals surface area contributed by atoms with E-state index in [9.17, 15) is 19.2 Å². The van der Waals surface area contributed by atoms with E-state index in [4.69, 9.17) is 16.3 Å². The van der Waals surface area contributed by atoms with Crippen LogP contribution >= 0.6 is 22.9 Å². The molecule has 33 heavy (non-hydrogen) atoms. The van der Waals surface area contributed by atoms with E-state index < -0.39 is 17.5 Å².